The zero-order valence-electron chi connectivity index (χ0n) is 8.85. The zero-order chi connectivity index (χ0) is 10.5. The maximum atomic E-state index is 5.00. The summed E-state index contributed by atoms with van der Waals surface area (Å²) in [4.78, 5) is 0. The average molecular weight is 194 g/mol. The summed E-state index contributed by atoms with van der Waals surface area (Å²) in [5.74, 6) is 0. The Morgan fingerprint density at radius 3 is 1.36 bits per heavy atom. The van der Waals surface area contributed by atoms with E-state index in [4.69, 9.17) is 9.47 Å². The lowest BCUT2D eigenvalue weighted by Gasteiger charge is -1.88. The predicted octanol–water partition coefficient (Wildman–Crippen LogP) is 3.20. The van der Waals surface area contributed by atoms with E-state index < -0.39 is 0 Å². The van der Waals surface area contributed by atoms with Gasteiger partial charge in [-0.05, 0) is 26.0 Å². The Balaban J connectivity index is 3.50. The van der Waals surface area contributed by atoms with E-state index in [-0.39, 0.29) is 0 Å². The number of ether oxygens (including phenoxy) is 2. The van der Waals surface area contributed by atoms with Crippen molar-refractivity contribution >= 4 is 0 Å². The molecule has 78 valence electrons. The standard InChI is InChI=1S/C12H18O2/c1-3-13-11-9-7-5-6-8-10-12-14-4-2/h5-12H,3-4H2,1-2H3. The fourth-order valence-corrected chi connectivity index (χ4v) is 0.651. The summed E-state index contributed by atoms with van der Waals surface area (Å²) in [7, 11) is 0. The van der Waals surface area contributed by atoms with E-state index >= 15 is 0 Å². The summed E-state index contributed by atoms with van der Waals surface area (Å²) in [6.45, 7) is 5.31. The molecule has 0 aromatic heterocycles. The van der Waals surface area contributed by atoms with Crippen molar-refractivity contribution in [1.29, 1.82) is 0 Å². The second-order valence-electron chi connectivity index (χ2n) is 2.34. The second kappa shape index (κ2) is 11.6. The predicted molar refractivity (Wildman–Crippen MR) is 59.8 cm³/mol. The maximum absolute atomic E-state index is 5.00. The minimum Gasteiger partial charge on any atom is -0.501 e. The van der Waals surface area contributed by atoms with Gasteiger partial charge in [-0.25, -0.2) is 0 Å². The highest BCUT2D eigenvalue weighted by molar-refractivity contribution is 5.13. The van der Waals surface area contributed by atoms with Crippen LogP contribution in [0.2, 0.25) is 0 Å². The van der Waals surface area contributed by atoms with E-state index in [1.807, 2.05) is 50.3 Å². The summed E-state index contributed by atoms with van der Waals surface area (Å²) >= 11 is 0. The Hall–Kier alpha value is -1.44. The summed E-state index contributed by atoms with van der Waals surface area (Å²) in [6.07, 6.45) is 14.7. The van der Waals surface area contributed by atoms with Gasteiger partial charge in [-0.2, -0.15) is 0 Å². The fourth-order valence-electron chi connectivity index (χ4n) is 0.651. The molecule has 0 aromatic rings. The van der Waals surface area contributed by atoms with Crippen molar-refractivity contribution in [2.45, 2.75) is 13.8 Å². The molecule has 0 unspecified atom stereocenters. The van der Waals surface area contributed by atoms with Crippen molar-refractivity contribution in [3.05, 3.63) is 49.0 Å². The normalized spacial score (nSPS) is 12.4. The first-order chi connectivity index (χ1) is 6.91. The van der Waals surface area contributed by atoms with Crippen LogP contribution in [-0.4, -0.2) is 13.2 Å². The third-order valence-electron chi connectivity index (χ3n) is 1.24. The molecule has 0 radical (unpaired) electrons. The quantitative estimate of drug-likeness (QED) is 0.457. The summed E-state index contributed by atoms with van der Waals surface area (Å²) < 4.78 is 10.0. The molecule has 0 amide bonds. The Bertz CT molecular complexity index is 188. The molecule has 0 atom stereocenters. The van der Waals surface area contributed by atoms with Crippen LogP contribution in [0.15, 0.2) is 49.0 Å². The van der Waals surface area contributed by atoms with Gasteiger partial charge in [0.05, 0.1) is 25.7 Å². The van der Waals surface area contributed by atoms with E-state index in [0.29, 0.717) is 13.2 Å². The van der Waals surface area contributed by atoms with Gasteiger partial charge < -0.3 is 9.47 Å². The molecule has 0 aliphatic heterocycles. The van der Waals surface area contributed by atoms with Gasteiger partial charge in [-0.3, -0.25) is 0 Å². The second-order valence-corrected chi connectivity index (χ2v) is 2.34. The molecule has 0 bridgehead atoms. The third kappa shape index (κ3) is 10.6. The van der Waals surface area contributed by atoms with E-state index in [9.17, 15) is 0 Å². The smallest absolute Gasteiger partial charge is 0.0845 e. The Labute approximate surface area is 86.2 Å². The van der Waals surface area contributed by atoms with Gasteiger partial charge in [0.2, 0.25) is 0 Å². The van der Waals surface area contributed by atoms with Gasteiger partial charge in [-0.15, -0.1) is 0 Å². The summed E-state index contributed by atoms with van der Waals surface area (Å²) in [5.41, 5.74) is 0. The van der Waals surface area contributed by atoms with Crippen molar-refractivity contribution in [1.82, 2.24) is 0 Å². The molecule has 0 aromatic carbocycles. The molecule has 0 aliphatic rings. The van der Waals surface area contributed by atoms with E-state index in [1.54, 1.807) is 12.5 Å². The van der Waals surface area contributed by atoms with Crippen LogP contribution < -0.4 is 0 Å². The van der Waals surface area contributed by atoms with Crippen LogP contribution in [0.5, 0.6) is 0 Å². The largest absolute Gasteiger partial charge is 0.501 e. The maximum Gasteiger partial charge on any atom is 0.0845 e. The first-order valence-corrected chi connectivity index (χ1v) is 4.80. The molecule has 0 aliphatic carbocycles. The van der Waals surface area contributed by atoms with Gasteiger partial charge in [0.1, 0.15) is 0 Å². The van der Waals surface area contributed by atoms with Crippen molar-refractivity contribution < 1.29 is 9.47 Å². The van der Waals surface area contributed by atoms with Crippen molar-refractivity contribution in [2.24, 2.45) is 0 Å². The van der Waals surface area contributed by atoms with Crippen LogP contribution in [0.3, 0.4) is 0 Å². The monoisotopic (exact) mass is 194 g/mol. The number of rotatable bonds is 7. The lowest BCUT2D eigenvalue weighted by atomic mass is 10.4. The van der Waals surface area contributed by atoms with Gasteiger partial charge in [-0.1, -0.05) is 24.3 Å². The number of hydrogen-bond acceptors (Lipinski definition) is 2. The van der Waals surface area contributed by atoms with Gasteiger partial charge in [0.25, 0.3) is 0 Å². The molecule has 0 N–H and O–H groups in total. The highest BCUT2D eigenvalue weighted by Gasteiger charge is 1.67. The lowest BCUT2D eigenvalue weighted by molar-refractivity contribution is 0.269. The van der Waals surface area contributed by atoms with Crippen LogP contribution in [-0.2, 0) is 9.47 Å². The average Bonchev–Trinajstić information content (AvgIpc) is 2.21. The molecular weight excluding hydrogens is 176 g/mol. The minimum absolute atomic E-state index is 0.706. The molecule has 0 heterocycles. The first kappa shape index (κ1) is 12.6. The zero-order valence-corrected chi connectivity index (χ0v) is 8.85. The minimum atomic E-state index is 0.706. The molecule has 2 nitrogen and oxygen atoms in total. The SMILES string of the molecule is CCOC=CC=CC=CC=COCC. The van der Waals surface area contributed by atoms with E-state index in [1.165, 1.54) is 0 Å². The molecule has 2 heteroatoms. The first-order valence-electron chi connectivity index (χ1n) is 4.80. The highest BCUT2D eigenvalue weighted by atomic mass is 16.5. The molecule has 0 saturated carbocycles. The van der Waals surface area contributed by atoms with Crippen LogP contribution in [0.1, 0.15) is 13.8 Å². The van der Waals surface area contributed by atoms with E-state index in [2.05, 4.69) is 0 Å². The van der Waals surface area contributed by atoms with Gasteiger partial charge >= 0.3 is 0 Å². The van der Waals surface area contributed by atoms with Crippen molar-refractivity contribution in [2.75, 3.05) is 13.2 Å². The topological polar surface area (TPSA) is 18.5 Å². The Morgan fingerprint density at radius 2 is 1.00 bits per heavy atom. The molecule has 0 saturated heterocycles. The summed E-state index contributed by atoms with van der Waals surface area (Å²) in [6, 6.07) is 0. The fraction of sp³-hybridized carbons (Fsp3) is 0.333. The van der Waals surface area contributed by atoms with Gasteiger partial charge in [0, 0.05) is 0 Å². The van der Waals surface area contributed by atoms with E-state index in [0.717, 1.165) is 0 Å². The highest BCUT2D eigenvalue weighted by Crippen LogP contribution is 1.84. The Morgan fingerprint density at radius 1 is 0.643 bits per heavy atom. The number of allylic oxidation sites excluding steroid dienone is 6. The van der Waals surface area contributed by atoms with Crippen LogP contribution >= 0.6 is 0 Å². The molecule has 14 heavy (non-hydrogen) atoms. The molecule has 0 rings (SSSR count). The van der Waals surface area contributed by atoms with Crippen LogP contribution in [0.25, 0.3) is 0 Å². The third-order valence-corrected chi connectivity index (χ3v) is 1.24. The molecule has 0 fully saturated rings. The lowest BCUT2D eigenvalue weighted by Crippen LogP contribution is -1.74. The number of hydrogen-bond donors (Lipinski definition) is 0. The van der Waals surface area contributed by atoms with Crippen LogP contribution in [0.4, 0.5) is 0 Å². The molecule has 0 spiro atoms. The van der Waals surface area contributed by atoms with Crippen LogP contribution in [0, 0.1) is 0 Å². The molecular formula is C12H18O2. The Kier molecular flexibility index (Phi) is 10.4. The van der Waals surface area contributed by atoms with Gasteiger partial charge in [0.15, 0.2) is 0 Å². The van der Waals surface area contributed by atoms with Crippen molar-refractivity contribution in [3.63, 3.8) is 0 Å². The summed E-state index contributed by atoms with van der Waals surface area (Å²) in [5, 5.41) is 0. The van der Waals surface area contributed by atoms with Crippen molar-refractivity contribution in [3.8, 4) is 0 Å².